The molecule has 0 heterocycles. The van der Waals surface area contributed by atoms with Crippen molar-refractivity contribution in [1.29, 1.82) is 0 Å². The van der Waals surface area contributed by atoms with Gasteiger partial charge in [0.25, 0.3) is 0 Å². The summed E-state index contributed by atoms with van der Waals surface area (Å²) in [6.07, 6.45) is 0.824. The van der Waals surface area contributed by atoms with Crippen LogP contribution in [0.5, 0.6) is 0 Å². The Labute approximate surface area is 90.2 Å². The van der Waals surface area contributed by atoms with Gasteiger partial charge in [0, 0.05) is 5.54 Å². The minimum atomic E-state index is -0.968. The number of carboxylic acids is 1. The third-order valence-corrected chi connectivity index (χ3v) is 2.30. The van der Waals surface area contributed by atoms with Crippen molar-refractivity contribution in [2.24, 2.45) is 0 Å². The molecule has 0 fully saturated rings. The van der Waals surface area contributed by atoms with Crippen molar-refractivity contribution < 1.29 is 14.7 Å². The molecule has 5 nitrogen and oxygen atoms in total. The topological polar surface area (TPSA) is 78.4 Å². The van der Waals surface area contributed by atoms with Crippen LogP contribution in [0.3, 0.4) is 0 Å². The highest BCUT2D eigenvalue weighted by atomic mass is 16.4. The van der Waals surface area contributed by atoms with Gasteiger partial charge in [-0.3, -0.25) is 14.9 Å². The van der Waals surface area contributed by atoms with Crippen LogP contribution in [0, 0.1) is 0 Å². The van der Waals surface area contributed by atoms with E-state index in [1.54, 1.807) is 6.92 Å². The van der Waals surface area contributed by atoms with Crippen molar-refractivity contribution in [2.75, 3.05) is 6.54 Å². The standard InChI is InChI=1S/C10H20N2O3/c1-5-10(3,4)12-9(15)7(2)11-6-8(13)14/h7,11H,5-6H2,1-4H3,(H,12,15)(H,13,14). The van der Waals surface area contributed by atoms with E-state index in [-0.39, 0.29) is 18.0 Å². The monoisotopic (exact) mass is 216 g/mol. The Morgan fingerprint density at radius 3 is 2.33 bits per heavy atom. The normalized spacial score (nSPS) is 13.3. The number of carbonyl (C=O) groups excluding carboxylic acids is 1. The maximum absolute atomic E-state index is 11.6. The molecule has 1 unspecified atom stereocenters. The summed E-state index contributed by atoms with van der Waals surface area (Å²) in [5.74, 6) is -1.15. The number of hydrogen-bond acceptors (Lipinski definition) is 3. The quantitative estimate of drug-likeness (QED) is 0.599. The Kier molecular flexibility index (Phi) is 5.28. The smallest absolute Gasteiger partial charge is 0.317 e. The van der Waals surface area contributed by atoms with Crippen molar-refractivity contribution in [3.8, 4) is 0 Å². The lowest BCUT2D eigenvalue weighted by molar-refractivity contribution is -0.136. The summed E-state index contributed by atoms with van der Waals surface area (Å²) >= 11 is 0. The van der Waals surface area contributed by atoms with Crippen LogP contribution in [0.1, 0.15) is 34.1 Å². The number of carbonyl (C=O) groups is 2. The highest BCUT2D eigenvalue weighted by Gasteiger charge is 2.21. The summed E-state index contributed by atoms with van der Waals surface area (Å²) in [7, 11) is 0. The molecular formula is C10H20N2O3. The summed E-state index contributed by atoms with van der Waals surface area (Å²) in [6, 6.07) is -0.494. The van der Waals surface area contributed by atoms with E-state index < -0.39 is 12.0 Å². The second-order valence-corrected chi connectivity index (χ2v) is 4.22. The van der Waals surface area contributed by atoms with Gasteiger partial charge in [0.15, 0.2) is 0 Å². The Hall–Kier alpha value is -1.10. The molecule has 0 aromatic rings. The average Bonchev–Trinajstić information content (AvgIpc) is 2.13. The van der Waals surface area contributed by atoms with Crippen molar-refractivity contribution >= 4 is 11.9 Å². The first-order valence-corrected chi connectivity index (χ1v) is 5.05. The van der Waals surface area contributed by atoms with Crippen LogP contribution in [0.4, 0.5) is 0 Å². The molecule has 0 aliphatic rings. The van der Waals surface area contributed by atoms with Gasteiger partial charge in [-0.1, -0.05) is 6.92 Å². The van der Waals surface area contributed by atoms with E-state index in [0.717, 1.165) is 6.42 Å². The Morgan fingerprint density at radius 2 is 1.93 bits per heavy atom. The number of hydrogen-bond donors (Lipinski definition) is 3. The maximum Gasteiger partial charge on any atom is 0.317 e. The Bertz CT molecular complexity index is 239. The van der Waals surface area contributed by atoms with Crippen molar-refractivity contribution in [3.63, 3.8) is 0 Å². The van der Waals surface area contributed by atoms with Gasteiger partial charge in [-0.05, 0) is 27.2 Å². The van der Waals surface area contributed by atoms with E-state index in [1.807, 2.05) is 20.8 Å². The molecule has 1 amide bonds. The van der Waals surface area contributed by atoms with Gasteiger partial charge in [0.05, 0.1) is 12.6 Å². The fourth-order valence-electron chi connectivity index (χ4n) is 0.863. The van der Waals surface area contributed by atoms with Crippen molar-refractivity contribution in [1.82, 2.24) is 10.6 Å². The van der Waals surface area contributed by atoms with Crippen LogP contribution in [0.15, 0.2) is 0 Å². The van der Waals surface area contributed by atoms with E-state index in [2.05, 4.69) is 10.6 Å². The number of amides is 1. The highest BCUT2D eigenvalue weighted by molar-refractivity contribution is 5.82. The fourth-order valence-corrected chi connectivity index (χ4v) is 0.863. The predicted molar refractivity (Wildman–Crippen MR) is 57.6 cm³/mol. The number of rotatable bonds is 6. The van der Waals surface area contributed by atoms with Crippen LogP contribution < -0.4 is 10.6 Å². The summed E-state index contributed by atoms with van der Waals surface area (Å²) in [4.78, 5) is 21.8. The van der Waals surface area contributed by atoms with Crippen LogP contribution in [0.25, 0.3) is 0 Å². The van der Waals surface area contributed by atoms with E-state index in [4.69, 9.17) is 5.11 Å². The summed E-state index contributed by atoms with van der Waals surface area (Å²) in [5.41, 5.74) is -0.254. The molecule has 0 aliphatic carbocycles. The molecule has 0 aliphatic heterocycles. The minimum Gasteiger partial charge on any atom is -0.480 e. The van der Waals surface area contributed by atoms with E-state index >= 15 is 0 Å². The fraction of sp³-hybridized carbons (Fsp3) is 0.800. The van der Waals surface area contributed by atoms with Gasteiger partial charge < -0.3 is 10.4 Å². The first kappa shape index (κ1) is 13.9. The van der Waals surface area contributed by atoms with Crippen LogP contribution in [0.2, 0.25) is 0 Å². The van der Waals surface area contributed by atoms with Gasteiger partial charge in [-0.25, -0.2) is 0 Å². The molecule has 0 rings (SSSR count). The zero-order valence-electron chi connectivity index (χ0n) is 9.76. The lowest BCUT2D eigenvalue weighted by Crippen LogP contribution is -2.51. The highest BCUT2D eigenvalue weighted by Crippen LogP contribution is 2.06. The van der Waals surface area contributed by atoms with Gasteiger partial charge in [-0.2, -0.15) is 0 Å². The molecule has 0 radical (unpaired) electrons. The van der Waals surface area contributed by atoms with E-state index in [0.29, 0.717) is 0 Å². The molecule has 0 bridgehead atoms. The molecule has 0 spiro atoms. The second-order valence-electron chi connectivity index (χ2n) is 4.22. The summed E-state index contributed by atoms with van der Waals surface area (Å²) < 4.78 is 0. The second kappa shape index (κ2) is 5.70. The van der Waals surface area contributed by atoms with Crippen LogP contribution >= 0.6 is 0 Å². The van der Waals surface area contributed by atoms with E-state index in [9.17, 15) is 9.59 Å². The van der Waals surface area contributed by atoms with Gasteiger partial charge >= 0.3 is 5.97 Å². The predicted octanol–water partition coefficient (Wildman–Crippen LogP) is 0.354. The molecular weight excluding hydrogens is 196 g/mol. The van der Waals surface area contributed by atoms with Crippen molar-refractivity contribution in [2.45, 2.75) is 45.7 Å². The molecule has 1 atom stereocenters. The first-order valence-electron chi connectivity index (χ1n) is 5.05. The maximum atomic E-state index is 11.6. The van der Waals surface area contributed by atoms with Gasteiger partial charge in [-0.15, -0.1) is 0 Å². The summed E-state index contributed by atoms with van der Waals surface area (Å²) in [5, 5.41) is 13.9. The van der Waals surface area contributed by atoms with Crippen LogP contribution in [-0.2, 0) is 9.59 Å². The number of aliphatic carboxylic acids is 1. The van der Waals surface area contributed by atoms with Crippen molar-refractivity contribution in [3.05, 3.63) is 0 Å². The van der Waals surface area contributed by atoms with E-state index in [1.165, 1.54) is 0 Å². The third kappa shape index (κ3) is 6.06. The average molecular weight is 216 g/mol. The molecule has 15 heavy (non-hydrogen) atoms. The molecule has 0 saturated carbocycles. The first-order chi connectivity index (χ1) is 6.78. The lowest BCUT2D eigenvalue weighted by atomic mass is 10.0. The molecule has 0 saturated heterocycles. The SMILES string of the molecule is CCC(C)(C)NC(=O)C(C)NCC(=O)O. The molecule has 88 valence electrons. The van der Waals surface area contributed by atoms with Crippen LogP contribution in [-0.4, -0.2) is 35.1 Å². The molecule has 0 aromatic carbocycles. The molecule has 5 heteroatoms. The zero-order valence-corrected chi connectivity index (χ0v) is 9.76. The molecule has 3 N–H and O–H groups in total. The van der Waals surface area contributed by atoms with Gasteiger partial charge in [0.1, 0.15) is 0 Å². The zero-order chi connectivity index (χ0) is 12.1. The summed E-state index contributed by atoms with van der Waals surface area (Å²) in [6.45, 7) is 7.27. The number of carboxylic acid groups (broad SMARTS) is 1. The molecule has 0 aromatic heterocycles. The lowest BCUT2D eigenvalue weighted by Gasteiger charge is -2.26. The Morgan fingerprint density at radius 1 is 1.40 bits per heavy atom. The largest absolute Gasteiger partial charge is 0.480 e. The number of nitrogens with one attached hydrogen (secondary N) is 2. The minimum absolute atomic E-state index is 0.178. The van der Waals surface area contributed by atoms with Gasteiger partial charge in [0.2, 0.25) is 5.91 Å². The Balaban J connectivity index is 4.04. The third-order valence-electron chi connectivity index (χ3n) is 2.30.